The van der Waals surface area contributed by atoms with Crippen molar-refractivity contribution in [3.05, 3.63) is 35.6 Å². The summed E-state index contributed by atoms with van der Waals surface area (Å²) in [4.78, 5) is 26.3. The molecule has 4 unspecified atom stereocenters. The van der Waals surface area contributed by atoms with Gasteiger partial charge in [0.15, 0.2) is 0 Å². The van der Waals surface area contributed by atoms with E-state index in [1.807, 2.05) is 0 Å². The van der Waals surface area contributed by atoms with E-state index in [9.17, 15) is 24.2 Å². The molecule has 2 amide bonds. The molecular weight excluding hydrogens is 367 g/mol. The Morgan fingerprint density at radius 3 is 2.57 bits per heavy atom. The van der Waals surface area contributed by atoms with Gasteiger partial charge in [-0.3, -0.25) is 9.59 Å². The smallest absolute Gasteiger partial charge is 0.251 e. The standard InChI is InChI=1S/C20H27FN2O5/c1-12-5-7-23(8-6-12)17(24)10-15-18(25)19(26)16(28-15)11-22-20(27)13-3-2-4-14(21)9-13/h2-4,9,12,15-16,18-19,25-26H,5-8,10-11H2,1H3,(H,22,27). The zero-order chi connectivity index (χ0) is 20.3. The zero-order valence-corrected chi connectivity index (χ0v) is 15.9. The van der Waals surface area contributed by atoms with Gasteiger partial charge in [-0.15, -0.1) is 0 Å². The van der Waals surface area contributed by atoms with Gasteiger partial charge in [0.1, 0.15) is 24.1 Å². The Bertz CT molecular complexity index is 708. The third-order valence-electron chi connectivity index (χ3n) is 5.52. The fraction of sp³-hybridized carbons (Fsp3) is 0.600. The van der Waals surface area contributed by atoms with Crippen molar-refractivity contribution in [3.8, 4) is 0 Å². The number of likely N-dealkylation sites (tertiary alicyclic amines) is 1. The highest BCUT2D eigenvalue weighted by molar-refractivity contribution is 5.94. The van der Waals surface area contributed by atoms with E-state index in [1.54, 1.807) is 4.90 Å². The topological polar surface area (TPSA) is 99.1 Å². The number of nitrogens with one attached hydrogen (secondary N) is 1. The zero-order valence-electron chi connectivity index (χ0n) is 15.9. The third kappa shape index (κ3) is 4.87. The minimum Gasteiger partial charge on any atom is -0.388 e. The van der Waals surface area contributed by atoms with Crippen LogP contribution in [0.25, 0.3) is 0 Å². The number of aliphatic hydroxyl groups is 2. The van der Waals surface area contributed by atoms with E-state index in [2.05, 4.69) is 12.2 Å². The maximum Gasteiger partial charge on any atom is 0.251 e. The predicted molar refractivity (Wildman–Crippen MR) is 99.0 cm³/mol. The van der Waals surface area contributed by atoms with E-state index in [1.165, 1.54) is 18.2 Å². The molecular formula is C20H27FN2O5. The number of piperidine rings is 1. The molecule has 28 heavy (non-hydrogen) atoms. The van der Waals surface area contributed by atoms with Gasteiger partial charge in [-0.05, 0) is 37.0 Å². The molecule has 3 rings (SSSR count). The normalized spacial score (nSPS) is 28.4. The lowest BCUT2D eigenvalue weighted by Crippen LogP contribution is -2.41. The number of aliphatic hydroxyl groups excluding tert-OH is 2. The summed E-state index contributed by atoms with van der Waals surface area (Å²) in [5.74, 6) is -0.532. The molecule has 2 aliphatic heterocycles. The first-order valence-corrected chi connectivity index (χ1v) is 9.68. The van der Waals surface area contributed by atoms with Crippen molar-refractivity contribution < 1.29 is 28.9 Å². The summed E-state index contributed by atoms with van der Waals surface area (Å²) in [6.07, 6.45) is -2.18. The first-order valence-electron chi connectivity index (χ1n) is 9.68. The monoisotopic (exact) mass is 394 g/mol. The number of hydrogen-bond donors (Lipinski definition) is 3. The van der Waals surface area contributed by atoms with E-state index in [0.29, 0.717) is 19.0 Å². The van der Waals surface area contributed by atoms with Crippen LogP contribution in [0.2, 0.25) is 0 Å². The summed E-state index contributed by atoms with van der Waals surface area (Å²) in [6.45, 7) is 3.49. The number of benzene rings is 1. The number of rotatable bonds is 5. The van der Waals surface area contributed by atoms with Crippen LogP contribution in [0.5, 0.6) is 0 Å². The molecule has 0 saturated carbocycles. The fourth-order valence-corrected chi connectivity index (χ4v) is 3.65. The van der Waals surface area contributed by atoms with Crippen LogP contribution in [0.3, 0.4) is 0 Å². The van der Waals surface area contributed by atoms with Crippen LogP contribution in [-0.4, -0.2) is 71.0 Å². The maximum absolute atomic E-state index is 13.2. The molecule has 0 bridgehead atoms. The molecule has 7 nitrogen and oxygen atoms in total. The lowest BCUT2D eigenvalue weighted by molar-refractivity contribution is -0.136. The Morgan fingerprint density at radius 2 is 1.89 bits per heavy atom. The largest absolute Gasteiger partial charge is 0.388 e. The number of nitrogens with zero attached hydrogens (tertiary/aromatic N) is 1. The molecule has 154 valence electrons. The maximum atomic E-state index is 13.2. The van der Waals surface area contributed by atoms with Crippen LogP contribution in [0, 0.1) is 11.7 Å². The summed E-state index contributed by atoms with van der Waals surface area (Å²) in [6, 6.07) is 5.25. The molecule has 3 N–H and O–H groups in total. The number of carbonyl (C=O) groups is 2. The highest BCUT2D eigenvalue weighted by Crippen LogP contribution is 2.25. The van der Waals surface area contributed by atoms with Gasteiger partial charge in [0, 0.05) is 25.2 Å². The minimum atomic E-state index is -1.22. The molecule has 1 aromatic rings. The summed E-state index contributed by atoms with van der Waals surface area (Å²) >= 11 is 0. The molecule has 8 heteroatoms. The predicted octanol–water partition coefficient (Wildman–Crippen LogP) is 0.693. The van der Waals surface area contributed by atoms with E-state index in [4.69, 9.17) is 4.74 Å². The number of halogens is 1. The fourth-order valence-electron chi connectivity index (χ4n) is 3.65. The van der Waals surface area contributed by atoms with Gasteiger partial charge in [0.25, 0.3) is 5.91 Å². The molecule has 2 fully saturated rings. The van der Waals surface area contributed by atoms with Crippen molar-refractivity contribution in [2.45, 2.75) is 50.6 Å². The number of carbonyl (C=O) groups excluding carboxylic acids is 2. The Hall–Kier alpha value is -2.03. The van der Waals surface area contributed by atoms with Crippen LogP contribution in [0.15, 0.2) is 24.3 Å². The second-order valence-corrected chi connectivity index (χ2v) is 7.68. The van der Waals surface area contributed by atoms with Crippen molar-refractivity contribution in [1.29, 1.82) is 0 Å². The van der Waals surface area contributed by atoms with Crippen molar-refractivity contribution in [1.82, 2.24) is 10.2 Å². The van der Waals surface area contributed by atoms with Gasteiger partial charge in [-0.2, -0.15) is 0 Å². The summed E-state index contributed by atoms with van der Waals surface area (Å²) in [5, 5.41) is 23.0. The van der Waals surface area contributed by atoms with Crippen LogP contribution >= 0.6 is 0 Å². The van der Waals surface area contributed by atoms with Gasteiger partial charge >= 0.3 is 0 Å². The van der Waals surface area contributed by atoms with Crippen molar-refractivity contribution in [2.75, 3.05) is 19.6 Å². The van der Waals surface area contributed by atoms with Gasteiger partial charge in [-0.1, -0.05) is 13.0 Å². The molecule has 0 spiro atoms. The van der Waals surface area contributed by atoms with Gasteiger partial charge in [-0.25, -0.2) is 4.39 Å². The van der Waals surface area contributed by atoms with Crippen LogP contribution < -0.4 is 5.32 Å². The van der Waals surface area contributed by atoms with Crippen molar-refractivity contribution in [3.63, 3.8) is 0 Å². The lowest BCUT2D eigenvalue weighted by atomic mass is 9.98. The van der Waals surface area contributed by atoms with Crippen LogP contribution in [-0.2, 0) is 9.53 Å². The first kappa shape index (κ1) is 20.7. The summed E-state index contributed by atoms with van der Waals surface area (Å²) < 4.78 is 18.9. The molecule has 0 aromatic heterocycles. The van der Waals surface area contributed by atoms with Gasteiger partial charge < -0.3 is 25.2 Å². The average molecular weight is 394 g/mol. The SMILES string of the molecule is CC1CCN(C(=O)CC2OC(CNC(=O)c3cccc(F)c3)C(O)C2O)CC1. The van der Waals surface area contributed by atoms with E-state index < -0.39 is 36.1 Å². The Balaban J connectivity index is 1.50. The quantitative estimate of drug-likeness (QED) is 0.683. The number of amides is 2. The Labute approximate surface area is 163 Å². The van der Waals surface area contributed by atoms with Crippen LogP contribution in [0.4, 0.5) is 4.39 Å². The molecule has 2 saturated heterocycles. The van der Waals surface area contributed by atoms with Gasteiger partial charge in [0.2, 0.25) is 5.91 Å². The summed E-state index contributed by atoms with van der Waals surface area (Å²) in [5.41, 5.74) is 0.152. The Kier molecular flexibility index (Phi) is 6.64. The lowest BCUT2D eigenvalue weighted by Gasteiger charge is -2.31. The molecule has 2 heterocycles. The van der Waals surface area contributed by atoms with Crippen molar-refractivity contribution >= 4 is 11.8 Å². The average Bonchev–Trinajstić information content (AvgIpc) is 2.94. The van der Waals surface area contributed by atoms with Crippen molar-refractivity contribution in [2.24, 2.45) is 5.92 Å². The second kappa shape index (κ2) is 8.98. The van der Waals surface area contributed by atoms with E-state index >= 15 is 0 Å². The third-order valence-corrected chi connectivity index (χ3v) is 5.52. The highest BCUT2D eigenvalue weighted by atomic mass is 19.1. The Morgan fingerprint density at radius 1 is 1.21 bits per heavy atom. The minimum absolute atomic E-state index is 0.0129. The van der Waals surface area contributed by atoms with Gasteiger partial charge in [0.05, 0.1) is 12.5 Å². The highest BCUT2D eigenvalue weighted by Gasteiger charge is 2.44. The van der Waals surface area contributed by atoms with Crippen LogP contribution in [0.1, 0.15) is 36.5 Å². The van der Waals surface area contributed by atoms with E-state index in [-0.39, 0.29) is 24.4 Å². The molecule has 0 aliphatic carbocycles. The summed E-state index contributed by atoms with van der Waals surface area (Å²) in [7, 11) is 0. The molecule has 2 aliphatic rings. The van der Waals surface area contributed by atoms with E-state index in [0.717, 1.165) is 18.9 Å². The molecule has 0 radical (unpaired) electrons. The molecule has 1 aromatic carbocycles. The number of hydrogen-bond acceptors (Lipinski definition) is 5. The second-order valence-electron chi connectivity index (χ2n) is 7.68. The number of ether oxygens (including phenoxy) is 1. The molecule has 4 atom stereocenters. The first-order chi connectivity index (χ1) is 13.3.